The number of H-pyrrole nitrogens is 1. The van der Waals surface area contributed by atoms with Crippen molar-refractivity contribution in [2.24, 2.45) is 5.92 Å². The third kappa shape index (κ3) is 2.35. The van der Waals surface area contributed by atoms with E-state index in [1.165, 1.54) is 19.8 Å². The summed E-state index contributed by atoms with van der Waals surface area (Å²) in [7, 11) is 0. The van der Waals surface area contributed by atoms with Gasteiger partial charge in [0.05, 0.1) is 12.1 Å². The zero-order chi connectivity index (χ0) is 11.7. The summed E-state index contributed by atoms with van der Waals surface area (Å²) in [4.78, 5) is 22.8. The molecule has 0 bridgehead atoms. The Morgan fingerprint density at radius 3 is 2.81 bits per heavy atom. The monoisotopic (exact) mass is 223 g/mol. The molecule has 1 aliphatic carbocycles. The van der Waals surface area contributed by atoms with Crippen LogP contribution >= 0.6 is 0 Å². The lowest BCUT2D eigenvalue weighted by atomic mass is 10.2. The number of nitrogens with zero attached hydrogens (tertiary/aromatic N) is 1. The Balaban J connectivity index is 2.13. The second kappa shape index (κ2) is 4.15. The van der Waals surface area contributed by atoms with Crippen LogP contribution in [-0.4, -0.2) is 15.7 Å². The van der Waals surface area contributed by atoms with Gasteiger partial charge >= 0.3 is 0 Å². The highest BCUT2D eigenvalue weighted by atomic mass is 16.1. The Morgan fingerprint density at radius 2 is 2.25 bits per heavy atom. The maximum absolute atomic E-state index is 11.9. The summed E-state index contributed by atoms with van der Waals surface area (Å²) in [6.45, 7) is 4.40. The average molecular weight is 223 g/mol. The van der Waals surface area contributed by atoms with Crippen molar-refractivity contribution in [3.8, 4) is 0 Å². The van der Waals surface area contributed by atoms with Crippen molar-refractivity contribution in [2.45, 2.75) is 39.8 Å². The van der Waals surface area contributed by atoms with Gasteiger partial charge in [-0.2, -0.15) is 0 Å². The van der Waals surface area contributed by atoms with Gasteiger partial charge in [0.2, 0.25) is 5.91 Å². The predicted molar refractivity (Wildman–Crippen MR) is 60.0 cm³/mol. The smallest absolute Gasteiger partial charge is 0.271 e. The van der Waals surface area contributed by atoms with Gasteiger partial charge in [-0.15, -0.1) is 0 Å². The molecule has 1 heterocycles. The predicted octanol–water partition coefficient (Wildman–Crippen LogP) is 0.531. The lowest BCUT2D eigenvalue weighted by molar-refractivity contribution is -0.119. The van der Waals surface area contributed by atoms with Crippen LogP contribution in [0.2, 0.25) is 0 Å². The van der Waals surface area contributed by atoms with Gasteiger partial charge in [-0.05, 0) is 25.7 Å². The second-order valence-electron chi connectivity index (χ2n) is 4.48. The van der Waals surface area contributed by atoms with E-state index in [0.29, 0.717) is 18.0 Å². The van der Waals surface area contributed by atoms with E-state index in [0.717, 1.165) is 12.2 Å². The normalized spacial score (nSPS) is 15.1. The number of hydrogen-bond acceptors (Lipinski definition) is 2. The lowest BCUT2D eigenvalue weighted by Crippen LogP contribution is -2.26. The fourth-order valence-electron chi connectivity index (χ4n) is 1.75. The number of carbonyl (C=O) groups excluding carboxylic acids is 1. The second-order valence-corrected chi connectivity index (χ2v) is 4.48. The first-order valence-corrected chi connectivity index (χ1v) is 5.60. The number of aromatic amines is 1. The summed E-state index contributed by atoms with van der Waals surface area (Å²) < 4.78 is 1.66. The number of aryl methyl sites for hydroxylation is 1. The molecule has 1 aromatic heterocycles. The van der Waals surface area contributed by atoms with E-state index < -0.39 is 0 Å². The highest BCUT2D eigenvalue weighted by molar-refractivity contribution is 5.72. The van der Waals surface area contributed by atoms with Gasteiger partial charge in [0.25, 0.3) is 5.56 Å². The van der Waals surface area contributed by atoms with Crippen LogP contribution in [0.3, 0.4) is 0 Å². The molecule has 16 heavy (non-hydrogen) atoms. The summed E-state index contributed by atoms with van der Waals surface area (Å²) in [6, 6.07) is 0. The molecule has 5 nitrogen and oxygen atoms in total. The molecule has 1 aromatic rings. The first-order valence-electron chi connectivity index (χ1n) is 5.60. The van der Waals surface area contributed by atoms with E-state index in [4.69, 9.17) is 0 Å². The zero-order valence-electron chi connectivity index (χ0n) is 9.67. The Labute approximate surface area is 93.8 Å². The van der Waals surface area contributed by atoms with Crippen LogP contribution in [0.15, 0.2) is 4.79 Å². The van der Waals surface area contributed by atoms with E-state index in [1.807, 2.05) is 6.92 Å². The van der Waals surface area contributed by atoms with Gasteiger partial charge in [0, 0.05) is 19.2 Å². The molecule has 1 aliphatic rings. The highest BCUT2D eigenvalue weighted by Crippen LogP contribution is 2.29. The van der Waals surface area contributed by atoms with Crippen LogP contribution in [0.25, 0.3) is 0 Å². The molecular formula is C11H17N3O2. The highest BCUT2D eigenvalue weighted by Gasteiger charge is 2.23. The van der Waals surface area contributed by atoms with Crippen LogP contribution in [-0.2, 0) is 17.9 Å². The third-order valence-corrected chi connectivity index (χ3v) is 2.91. The molecule has 1 fully saturated rings. The quantitative estimate of drug-likeness (QED) is 0.782. The van der Waals surface area contributed by atoms with E-state index >= 15 is 0 Å². The Hall–Kier alpha value is -1.52. The van der Waals surface area contributed by atoms with Crippen LogP contribution in [0.1, 0.15) is 31.0 Å². The van der Waals surface area contributed by atoms with Crippen molar-refractivity contribution in [1.29, 1.82) is 0 Å². The Bertz CT molecular complexity index is 454. The molecule has 5 heteroatoms. The largest absolute Gasteiger partial charge is 0.352 e. The number of hydrogen-bond donors (Lipinski definition) is 2. The van der Waals surface area contributed by atoms with Crippen molar-refractivity contribution in [3.63, 3.8) is 0 Å². The van der Waals surface area contributed by atoms with Crippen molar-refractivity contribution in [3.05, 3.63) is 21.6 Å². The molecule has 0 saturated heterocycles. The average Bonchev–Trinajstić information content (AvgIpc) is 2.95. The SMILES string of the molecule is CC(=O)NCc1c(C)[nH]n(CC2CC2)c1=O. The molecule has 0 spiro atoms. The van der Waals surface area contributed by atoms with Crippen molar-refractivity contribution in [2.75, 3.05) is 0 Å². The first kappa shape index (κ1) is 11.0. The number of nitrogens with one attached hydrogen (secondary N) is 2. The summed E-state index contributed by atoms with van der Waals surface area (Å²) in [5.41, 5.74) is 1.51. The molecular weight excluding hydrogens is 206 g/mol. The summed E-state index contributed by atoms with van der Waals surface area (Å²) in [6.07, 6.45) is 2.43. The van der Waals surface area contributed by atoms with Crippen molar-refractivity contribution < 1.29 is 4.79 Å². The van der Waals surface area contributed by atoms with E-state index in [-0.39, 0.29) is 11.5 Å². The fraction of sp³-hybridized carbons (Fsp3) is 0.636. The maximum atomic E-state index is 11.9. The molecule has 0 aliphatic heterocycles. The molecule has 0 atom stereocenters. The van der Waals surface area contributed by atoms with Crippen LogP contribution in [0.4, 0.5) is 0 Å². The lowest BCUT2D eigenvalue weighted by Gasteiger charge is -1.98. The summed E-state index contributed by atoms with van der Waals surface area (Å²) in [5.74, 6) is 0.540. The number of amides is 1. The third-order valence-electron chi connectivity index (χ3n) is 2.91. The first-order chi connectivity index (χ1) is 7.58. The van der Waals surface area contributed by atoms with E-state index in [2.05, 4.69) is 10.4 Å². The zero-order valence-corrected chi connectivity index (χ0v) is 9.67. The summed E-state index contributed by atoms with van der Waals surface area (Å²) in [5, 5.41) is 5.71. The molecule has 0 unspecified atom stereocenters. The van der Waals surface area contributed by atoms with Gasteiger partial charge in [-0.1, -0.05) is 0 Å². The summed E-state index contributed by atoms with van der Waals surface area (Å²) >= 11 is 0. The fourth-order valence-corrected chi connectivity index (χ4v) is 1.75. The molecule has 88 valence electrons. The Kier molecular flexibility index (Phi) is 2.85. The van der Waals surface area contributed by atoms with Crippen LogP contribution in [0.5, 0.6) is 0 Å². The number of aromatic nitrogens is 2. The number of carbonyl (C=O) groups is 1. The minimum atomic E-state index is -0.117. The Morgan fingerprint density at radius 1 is 1.56 bits per heavy atom. The number of rotatable bonds is 4. The van der Waals surface area contributed by atoms with E-state index in [1.54, 1.807) is 4.68 Å². The molecule has 1 amide bonds. The topological polar surface area (TPSA) is 66.9 Å². The van der Waals surface area contributed by atoms with Gasteiger partial charge in [0.15, 0.2) is 0 Å². The van der Waals surface area contributed by atoms with Gasteiger partial charge in [-0.25, -0.2) is 0 Å². The van der Waals surface area contributed by atoms with Crippen LogP contribution < -0.4 is 10.9 Å². The van der Waals surface area contributed by atoms with Crippen LogP contribution in [0, 0.1) is 12.8 Å². The molecule has 1 saturated carbocycles. The molecule has 2 rings (SSSR count). The van der Waals surface area contributed by atoms with Crippen molar-refractivity contribution in [1.82, 2.24) is 15.1 Å². The van der Waals surface area contributed by atoms with Gasteiger partial charge in [0.1, 0.15) is 0 Å². The molecule has 0 radical (unpaired) electrons. The van der Waals surface area contributed by atoms with Gasteiger partial charge in [-0.3, -0.25) is 19.4 Å². The minimum absolute atomic E-state index is 0.00171. The minimum Gasteiger partial charge on any atom is -0.352 e. The molecule has 2 N–H and O–H groups in total. The standard InChI is InChI=1S/C11H17N3O2/c1-7-10(5-12-8(2)15)11(16)14(13-7)6-9-3-4-9/h9,13H,3-6H2,1-2H3,(H,12,15). The maximum Gasteiger partial charge on any atom is 0.271 e. The van der Waals surface area contributed by atoms with Crippen molar-refractivity contribution >= 4 is 5.91 Å². The van der Waals surface area contributed by atoms with E-state index in [9.17, 15) is 9.59 Å². The molecule has 0 aromatic carbocycles. The van der Waals surface area contributed by atoms with Gasteiger partial charge < -0.3 is 5.32 Å².